The van der Waals surface area contributed by atoms with Gasteiger partial charge in [-0.25, -0.2) is 0 Å². The predicted molar refractivity (Wildman–Crippen MR) is 74.6 cm³/mol. The zero-order valence-corrected chi connectivity index (χ0v) is 11.5. The third kappa shape index (κ3) is 3.36. The average Bonchev–Trinajstić information content (AvgIpc) is 2.83. The highest BCUT2D eigenvalue weighted by Crippen LogP contribution is 2.36. The zero-order valence-electron chi connectivity index (χ0n) is 11.5. The summed E-state index contributed by atoms with van der Waals surface area (Å²) < 4.78 is 38.9. The molecule has 1 aliphatic heterocycles. The minimum Gasteiger partial charge on any atom is -0.399 e. The molecule has 0 aromatic heterocycles. The number of hydrogen-bond donors (Lipinski definition) is 2. The molecule has 2 rings (SSSR count). The zero-order chi connectivity index (χ0) is 14.8. The highest BCUT2D eigenvalue weighted by atomic mass is 19.4. The number of hydrogen-bond acceptors (Lipinski definition) is 3. The van der Waals surface area contributed by atoms with E-state index in [4.69, 9.17) is 5.73 Å². The van der Waals surface area contributed by atoms with Gasteiger partial charge in [0.05, 0.1) is 5.56 Å². The van der Waals surface area contributed by atoms with Gasteiger partial charge in [0.25, 0.3) is 0 Å². The first-order valence-electron chi connectivity index (χ1n) is 6.86. The minimum absolute atomic E-state index is 0.106. The maximum absolute atomic E-state index is 13.0. The molecule has 20 heavy (non-hydrogen) atoms. The largest absolute Gasteiger partial charge is 0.418 e. The summed E-state index contributed by atoms with van der Waals surface area (Å²) in [5.41, 5.74) is 4.98. The molecule has 0 aliphatic carbocycles. The van der Waals surface area contributed by atoms with Gasteiger partial charge in [0.1, 0.15) is 0 Å². The maximum Gasteiger partial charge on any atom is 0.418 e. The molecule has 1 aromatic rings. The van der Waals surface area contributed by atoms with E-state index in [-0.39, 0.29) is 11.4 Å². The number of alkyl halides is 3. The number of anilines is 2. The van der Waals surface area contributed by atoms with E-state index in [1.165, 1.54) is 12.1 Å². The number of halogens is 3. The van der Waals surface area contributed by atoms with Crippen molar-refractivity contribution in [2.45, 2.75) is 32.0 Å². The fraction of sp³-hybridized carbons (Fsp3) is 0.571. The van der Waals surface area contributed by atoms with Gasteiger partial charge in [-0.3, -0.25) is 4.90 Å². The molecule has 0 spiro atoms. The number of nitrogens with one attached hydrogen (secondary N) is 1. The first-order valence-corrected chi connectivity index (χ1v) is 6.86. The van der Waals surface area contributed by atoms with E-state index >= 15 is 0 Å². The van der Waals surface area contributed by atoms with Crippen LogP contribution >= 0.6 is 0 Å². The molecule has 1 saturated heterocycles. The van der Waals surface area contributed by atoms with Crippen molar-refractivity contribution in [3.63, 3.8) is 0 Å². The highest BCUT2D eigenvalue weighted by molar-refractivity contribution is 5.59. The van der Waals surface area contributed by atoms with Crippen molar-refractivity contribution in [2.24, 2.45) is 0 Å². The van der Waals surface area contributed by atoms with Crippen molar-refractivity contribution in [3.8, 4) is 0 Å². The number of likely N-dealkylation sites (N-methyl/N-ethyl adjacent to an activating group) is 1. The lowest BCUT2D eigenvalue weighted by Gasteiger charge is -2.24. The van der Waals surface area contributed by atoms with Crippen LogP contribution in [0.2, 0.25) is 0 Å². The van der Waals surface area contributed by atoms with Crippen molar-refractivity contribution in [3.05, 3.63) is 23.8 Å². The molecular formula is C14H20F3N3. The number of likely N-dealkylation sites (tertiary alicyclic amines) is 1. The Morgan fingerprint density at radius 2 is 2.15 bits per heavy atom. The highest BCUT2D eigenvalue weighted by Gasteiger charge is 2.34. The van der Waals surface area contributed by atoms with E-state index in [2.05, 4.69) is 17.1 Å². The summed E-state index contributed by atoms with van der Waals surface area (Å²) in [4.78, 5) is 2.29. The van der Waals surface area contributed by atoms with Gasteiger partial charge in [-0.05, 0) is 44.1 Å². The van der Waals surface area contributed by atoms with Crippen LogP contribution in [0.3, 0.4) is 0 Å². The smallest absolute Gasteiger partial charge is 0.399 e. The van der Waals surface area contributed by atoms with E-state index in [1.54, 1.807) is 0 Å². The summed E-state index contributed by atoms with van der Waals surface area (Å²) in [5.74, 6) is 0. The van der Waals surface area contributed by atoms with Crippen LogP contribution in [0.1, 0.15) is 25.3 Å². The summed E-state index contributed by atoms with van der Waals surface area (Å²) >= 11 is 0. The van der Waals surface area contributed by atoms with E-state index in [0.717, 1.165) is 32.0 Å². The molecule has 0 bridgehead atoms. The van der Waals surface area contributed by atoms with Gasteiger partial charge in [-0.1, -0.05) is 6.92 Å². The van der Waals surface area contributed by atoms with Crippen LogP contribution in [0, 0.1) is 0 Å². The van der Waals surface area contributed by atoms with Crippen LogP contribution in [-0.4, -0.2) is 30.6 Å². The number of nitrogens with zero attached hydrogens (tertiary/aromatic N) is 1. The van der Waals surface area contributed by atoms with Gasteiger partial charge in [-0.2, -0.15) is 13.2 Å². The van der Waals surface area contributed by atoms with E-state index in [0.29, 0.717) is 12.6 Å². The molecule has 3 nitrogen and oxygen atoms in total. The lowest BCUT2D eigenvalue weighted by molar-refractivity contribution is -0.136. The fourth-order valence-corrected chi connectivity index (χ4v) is 2.72. The molecule has 1 aromatic carbocycles. The number of nitrogen functional groups attached to an aromatic ring is 1. The Morgan fingerprint density at radius 3 is 2.80 bits per heavy atom. The van der Waals surface area contributed by atoms with Gasteiger partial charge in [-0.15, -0.1) is 0 Å². The monoisotopic (exact) mass is 287 g/mol. The van der Waals surface area contributed by atoms with Gasteiger partial charge in [0, 0.05) is 24.0 Å². The molecule has 3 N–H and O–H groups in total. The van der Waals surface area contributed by atoms with Crippen LogP contribution < -0.4 is 11.1 Å². The lowest BCUT2D eigenvalue weighted by atomic mass is 10.1. The molecule has 1 heterocycles. The topological polar surface area (TPSA) is 41.3 Å². The summed E-state index contributed by atoms with van der Waals surface area (Å²) in [6.45, 7) is 4.56. The van der Waals surface area contributed by atoms with E-state index in [9.17, 15) is 13.2 Å². The van der Waals surface area contributed by atoms with Crippen LogP contribution in [0.4, 0.5) is 24.5 Å². The first kappa shape index (κ1) is 15.0. The lowest BCUT2D eigenvalue weighted by Crippen LogP contribution is -2.34. The van der Waals surface area contributed by atoms with Crippen LogP contribution in [0.5, 0.6) is 0 Å². The second kappa shape index (κ2) is 5.91. The van der Waals surface area contributed by atoms with Crippen molar-refractivity contribution in [1.29, 1.82) is 0 Å². The average molecular weight is 287 g/mol. The molecule has 1 aliphatic rings. The number of benzene rings is 1. The SMILES string of the molecule is CCN1CCCC1CNc1ccc(N)cc1C(F)(F)F. The van der Waals surface area contributed by atoms with Crippen LogP contribution in [0.25, 0.3) is 0 Å². The fourth-order valence-electron chi connectivity index (χ4n) is 2.72. The Kier molecular flexibility index (Phi) is 4.42. The summed E-state index contributed by atoms with van der Waals surface area (Å²) in [7, 11) is 0. The Hall–Kier alpha value is -1.43. The molecule has 0 radical (unpaired) electrons. The standard InChI is InChI=1S/C14H20F3N3/c1-2-20-7-3-4-11(20)9-19-13-6-5-10(18)8-12(13)14(15,16)17/h5-6,8,11,19H,2-4,7,9,18H2,1H3. The maximum atomic E-state index is 13.0. The molecule has 6 heteroatoms. The number of nitrogens with two attached hydrogens (primary N) is 1. The second-order valence-corrected chi connectivity index (χ2v) is 5.11. The Labute approximate surface area is 116 Å². The van der Waals surface area contributed by atoms with Gasteiger partial charge in [0.15, 0.2) is 0 Å². The van der Waals surface area contributed by atoms with Gasteiger partial charge in [0.2, 0.25) is 0 Å². The Morgan fingerprint density at radius 1 is 1.40 bits per heavy atom. The van der Waals surface area contributed by atoms with E-state index in [1.807, 2.05) is 0 Å². The van der Waals surface area contributed by atoms with E-state index < -0.39 is 11.7 Å². The molecular weight excluding hydrogens is 267 g/mol. The van der Waals surface area contributed by atoms with Crippen molar-refractivity contribution >= 4 is 11.4 Å². The third-order valence-corrected chi connectivity index (χ3v) is 3.78. The Bertz CT molecular complexity index is 459. The molecule has 0 amide bonds. The second-order valence-electron chi connectivity index (χ2n) is 5.11. The van der Waals surface area contributed by atoms with Gasteiger partial charge < -0.3 is 11.1 Å². The van der Waals surface area contributed by atoms with Crippen LogP contribution in [-0.2, 0) is 6.18 Å². The quantitative estimate of drug-likeness (QED) is 0.836. The molecule has 1 unspecified atom stereocenters. The number of rotatable bonds is 4. The van der Waals surface area contributed by atoms with Crippen molar-refractivity contribution < 1.29 is 13.2 Å². The van der Waals surface area contributed by atoms with Crippen molar-refractivity contribution in [1.82, 2.24) is 4.90 Å². The predicted octanol–water partition coefficient (Wildman–Crippen LogP) is 3.18. The molecule has 112 valence electrons. The van der Waals surface area contributed by atoms with Gasteiger partial charge >= 0.3 is 6.18 Å². The van der Waals surface area contributed by atoms with Crippen molar-refractivity contribution in [2.75, 3.05) is 30.7 Å². The molecule has 1 fully saturated rings. The minimum atomic E-state index is -4.39. The first-order chi connectivity index (χ1) is 9.41. The summed E-state index contributed by atoms with van der Waals surface area (Å²) in [6.07, 6.45) is -2.26. The summed E-state index contributed by atoms with van der Waals surface area (Å²) in [5, 5.41) is 2.94. The molecule has 0 saturated carbocycles. The summed E-state index contributed by atoms with van der Waals surface area (Å²) in [6, 6.07) is 4.18. The molecule has 1 atom stereocenters. The normalized spacial score (nSPS) is 20.3. The van der Waals surface area contributed by atoms with Crippen LogP contribution in [0.15, 0.2) is 18.2 Å². The third-order valence-electron chi connectivity index (χ3n) is 3.78. The Balaban J connectivity index is 2.09.